The molecule has 120 valence electrons. The lowest BCUT2D eigenvalue weighted by Crippen LogP contribution is -1.94. The van der Waals surface area contributed by atoms with E-state index in [4.69, 9.17) is 4.74 Å². The van der Waals surface area contributed by atoms with Gasteiger partial charge in [0.2, 0.25) is 0 Å². The SMILES string of the molecule is COc1ccc2cc(C(=O)/C=C/c3ccc(C)cc3C)ccc2c1. The molecule has 0 heterocycles. The van der Waals surface area contributed by atoms with Gasteiger partial charge in [-0.05, 0) is 60.0 Å². The van der Waals surface area contributed by atoms with Crippen molar-refractivity contribution in [3.63, 3.8) is 0 Å². The molecule has 0 radical (unpaired) electrons. The Hall–Kier alpha value is -2.87. The van der Waals surface area contributed by atoms with Crippen LogP contribution in [-0.4, -0.2) is 12.9 Å². The lowest BCUT2D eigenvalue weighted by atomic mass is 10.0. The van der Waals surface area contributed by atoms with E-state index in [9.17, 15) is 4.79 Å². The molecule has 0 amide bonds. The van der Waals surface area contributed by atoms with Gasteiger partial charge < -0.3 is 4.74 Å². The van der Waals surface area contributed by atoms with E-state index in [0.29, 0.717) is 5.56 Å². The predicted molar refractivity (Wildman–Crippen MR) is 99.8 cm³/mol. The minimum Gasteiger partial charge on any atom is -0.497 e. The summed E-state index contributed by atoms with van der Waals surface area (Å²) in [6.07, 6.45) is 3.53. The highest BCUT2D eigenvalue weighted by molar-refractivity contribution is 6.08. The van der Waals surface area contributed by atoms with Crippen LogP contribution >= 0.6 is 0 Å². The molecule has 0 aromatic heterocycles. The molecule has 2 heteroatoms. The zero-order valence-corrected chi connectivity index (χ0v) is 14.2. The van der Waals surface area contributed by atoms with Crippen LogP contribution in [0.2, 0.25) is 0 Å². The van der Waals surface area contributed by atoms with Gasteiger partial charge in [0.15, 0.2) is 5.78 Å². The topological polar surface area (TPSA) is 26.3 Å². The number of carbonyl (C=O) groups excluding carboxylic acids is 1. The van der Waals surface area contributed by atoms with Crippen LogP contribution in [0.5, 0.6) is 5.75 Å². The number of hydrogen-bond acceptors (Lipinski definition) is 2. The zero-order chi connectivity index (χ0) is 17.1. The molecule has 3 rings (SSSR count). The van der Waals surface area contributed by atoms with E-state index in [0.717, 1.165) is 22.1 Å². The van der Waals surface area contributed by atoms with E-state index in [1.165, 1.54) is 11.1 Å². The molecule has 0 spiro atoms. The third-order valence-electron chi connectivity index (χ3n) is 4.17. The number of hydrogen-bond donors (Lipinski definition) is 0. The Morgan fingerprint density at radius 1 is 0.917 bits per heavy atom. The molecule has 0 bridgehead atoms. The van der Waals surface area contributed by atoms with E-state index in [1.807, 2.05) is 48.5 Å². The summed E-state index contributed by atoms with van der Waals surface area (Å²) < 4.78 is 5.23. The smallest absolute Gasteiger partial charge is 0.185 e. The maximum atomic E-state index is 12.5. The fourth-order valence-electron chi connectivity index (χ4n) is 2.78. The number of fused-ring (bicyclic) bond motifs is 1. The van der Waals surface area contributed by atoms with Gasteiger partial charge in [0.25, 0.3) is 0 Å². The Morgan fingerprint density at radius 3 is 2.42 bits per heavy atom. The van der Waals surface area contributed by atoms with Crippen molar-refractivity contribution in [3.8, 4) is 5.75 Å². The average Bonchev–Trinajstić information content (AvgIpc) is 2.59. The minimum atomic E-state index is 0.00712. The summed E-state index contributed by atoms with van der Waals surface area (Å²) in [7, 11) is 1.65. The molecule has 0 N–H and O–H groups in total. The van der Waals surface area contributed by atoms with Crippen LogP contribution in [0.25, 0.3) is 16.8 Å². The third-order valence-corrected chi connectivity index (χ3v) is 4.17. The van der Waals surface area contributed by atoms with Gasteiger partial charge in [-0.3, -0.25) is 4.79 Å². The van der Waals surface area contributed by atoms with Crippen LogP contribution in [0, 0.1) is 13.8 Å². The summed E-state index contributed by atoms with van der Waals surface area (Å²) in [4.78, 5) is 12.5. The molecular formula is C22H20O2. The molecule has 3 aromatic rings. The average molecular weight is 316 g/mol. The molecule has 2 nitrogen and oxygen atoms in total. The molecule has 0 unspecified atom stereocenters. The highest BCUT2D eigenvalue weighted by Crippen LogP contribution is 2.22. The molecule has 0 fully saturated rings. The van der Waals surface area contributed by atoms with Crippen molar-refractivity contribution < 1.29 is 9.53 Å². The van der Waals surface area contributed by atoms with Crippen molar-refractivity contribution in [2.24, 2.45) is 0 Å². The Bertz CT molecular complexity index is 936. The number of aryl methyl sites for hydroxylation is 2. The molecule has 0 aliphatic carbocycles. The van der Waals surface area contributed by atoms with Crippen molar-refractivity contribution in [1.82, 2.24) is 0 Å². The van der Waals surface area contributed by atoms with Gasteiger partial charge in [-0.2, -0.15) is 0 Å². The first-order chi connectivity index (χ1) is 11.6. The highest BCUT2D eigenvalue weighted by Gasteiger charge is 2.05. The normalized spacial score (nSPS) is 11.1. The van der Waals surface area contributed by atoms with Gasteiger partial charge in [-0.25, -0.2) is 0 Å². The van der Waals surface area contributed by atoms with Crippen LogP contribution in [0.15, 0.2) is 60.7 Å². The maximum Gasteiger partial charge on any atom is 0.185 e. The van der Waals surface area contributed by atoms with E-state index >= 15 is 0 Å². The minimum absolute atomic E-state index is 0.00712. The number of benzene rings is 3. The van der Waals surface area contributed by atoms with Crippen molar-refractivity contribution in [1.29, 1.82) is 0 Å². The standard InChI is InChI=1S/C22H20O2/c1-15-4-5-17(16(2)12-15)9-11-22(23)20-7-6-19-14-21(24-3)10-8-18(19)13-20/h4-14H,1-3H3/b11-9+. The van der Waals surface area contributed by atoms with E-state index in [1.54, 1.807) is 13.2 Å². The fraction of sp³-hybridized carbons (Fsp3) is 0.136. The number of ketones is 1. The molecule has 0 saturated heterocycles. The maximum absolute atomic E-state index is 12.5. The molecule has 0 aliphatic rings. The Labute approximate surface area is 142 Å². The van der Waals surface area contributed by atoms with E-state index in [-0.39, 0.29) is 5.78 Å². The molecular weight excluding hydrogens is 296 g/mol. The van der Waals surface area contributed by atoms with Gasteiger partial charge in [0, 0.05) is 5.56 Å². The van der Waals surface area contributed by atoms with Gasteiger partial charge in [-0.1, -0.05) is 48.0 Å². The lowest BCUT2D eigenvalue weighted by molar-refractivity contribution is 0.104. The lowest BCUT2D eigenvalue weighted by Gasteiger charge is -2.04. The number of rotatable bonds is 4. The van der Waals surface area contributed by atoms with Crippen molar-refractivity contribution in [2.75, 3.05) is 7.11 Å². The number of carbonyl (C=O) groups is 1. The molecule has 3 aromatic carbocycles. The third kappa shape index (κ3) is 3.38. The summed E-state index contributed by atoms with van der Waals surface area (Å²) in [5, 5.41) is 2.09. The van der Waals surface area contributed by atoms with Crippen LogP contribution in [0.4, 0.5) is 0 Å². The molecule has 24 heavy (non-hydrogen) atoms. The molecule has 0 atom stereocenters. The molecule has 0 aliphatic heterocycles. The first-order valence-corrected chi connectivity index (χ1v) is 7.94. The van der Waals surface area contributed by atoms with Gasteiger partial charge in [-0.15, -0.1) is 0 Å². The van der Waals surface area contributed by atoms with Crippen molar-refractivity contribution >= 4 is 22.6 Å². The zero-order valence-electron chi connectivity index (χ0n) is 14.2. The second-order valence-corrected chi connectivity index (χ2v) is 5.99. The van der Waals surface area contributed by atoms with E-state index < -0.39 is 0 Å². The monoisotopic (exact) mass is 316 g/mol. The van der Waals surface area contributed by atoms with Gasteiger partial charge >= 0.3 is 0 Å². The van der Waals surface area contributed by atoms with E-state index in [2.05, 4.69) is 26.0 Å². The van der Waals surface area contributed by atoms with Crippen molar-refractivity contribution in [2.45, 2.75) is 13.8 Å². The second kappa shape index (κ2) is 6.71. The fourth-order valence-corrected chi connectivity index (χ4v) is 2.78. The predicted octanol–water partition coefficient (Wildman–Crippen LogP) is 5.36. The summed E-state index contributed by atoms with van der Waals surface area (Å²) >= 11 is 0. The largest absolute Gasteiger partial charge is 0.497 e. The highest BCUT2D eigenvalue weighted by atomic mass is 16.5. The second-order valence-electron chi connectivity index (χ2n) is 5.99. The summed E-state index contributed by atoms with van der Waals surface area (Å²) in [6, 6.07) is 17.8. The van der Waals surface area contributed by atoms with Gasteiger partial charge in [0.1, 0.15) is 5.75 Å². The first-order valence-electron chi connectivity index (χ1n) is 7.94. The number of allylic oxidation sites excluding steroid dienone is 1. The number of methoxy groups -OCH3 is 1. The Morgan fingerprint density at radius 2 is 1.67 bits per heavy atom. The Kier molecular flexibility index (Phi) is 4.48. The van der Waals surface area contributed by atoms with Crippen LogP contribution in [-0.2, 0) is 0 Å². The first kappa shape index (κ1) is 16.0. The Balaban J connectivity index is 1.86. The van der Waals surface area contributed by atoms with Crippen LogP contribution in [0.1, 0.15) is 27.0 Å². The van der Waals surface area contributed by atoms with Crippen molar-refractivity contribution in [3.05, 3.63) is 82.9 Å². The number of ether oxygens (including phenoxy) is 1. The molecule has 0 saturated carbocycles. The quantitative estimate of drug-likeness (QED) is 0.478. The van der Waals surface area contributed by atoms with Crippen LogP contribution < -0.4 is 4.74 Å². The van der Waals surface area contributed by atoms with Gasteiger partial charge in [0.05, 0.1) is 7.11 Å². The summed E-state index contributed by atoms with van der Waals surface area (Å²) in [5.74, 6) is 0.823. The van der Waals surface area contributed by atoms with Crippen LogP contribution in [0.3, 0.4) is 0 Å². The summed E-state index contributed by atoms with van der Waals surface area (Å²) in [6.45, 7) is 4.12. The summed E-state index contributed by atoms with van der Waals surface area (Å²) in [5.41, 5.74) is 4.15.